The lowest BCUT2D eigenvalue weighted by Crippen LogP contribution is -1.98. The highest BCUT2D eigenvalue weighted by Gasteiger charge is 1.95. The fourth-order valence-electron chi connectivity index (χ4n) is 0.735. The van der Waals surface area contributed by atoms with E-state index in [4.69, 9.17) is 0 Å². The zero-order valence-electron chi connectivity index (χ0n) is 6.97. The molecule has 0 heterocycles. The smallest absolute Gasteiger partial charge is 0.337 e. The second-order valence-electron chi connectivity index (χ2n) is 2.22. The lowest BCUT2D eigenvalue weighted by molar-refractivity contribution is -0.127. The predicted molar refractivity (Wildman–Crippen MR) is 49.7 cm³/mol. The molecule has 0 radical (unpaired) electrons. The first-order valence-electron chi connectivity index (χ1n) is 3.62. The first-order chi connectivity index (χ1) is 6.68. The molecule has 0 unspecified atom stereocenters. The van der Waals surface area contributed by atoms with Gasteiger partial charge in [-0.15, -0.1) is 0 Å². The maximum absolute atomic E-state index is 10.6. The van der Waals surface area contributed by atoms with E-state index >= 15 is 0 Å². The van der Waals surface area contributed by atoms with Crippen LogP contribution in [0.25, 0.3) is 0 Å². The standard InChI is InChI=1S/C9H6O4S/c10-9(13-14(11)12)7-6-8-4-2-1-3-5-8/h1-5,14H. The van der Waals surface area contributed by atoms with Crippen LogP contribution in [0.5, 0.6) is 0 Å². The zero-order chi connectivity index (χ0) is 10.4. The summed E-state index contributed by atoms with van der Waals surface area (Å²) in [5.74, 6) is 3.41. The van der Waals surface area contributed by atoms with Crippen molar-refractivity contribution in [2.75, 3.05) is 0 Å². The molecule has 0 aliphatic carbocycles. The molecule has 0 spiro atoms. The van der Waals surface area contributed by atoms with E-state index in [1.807, 2.05) is 5.92 Å². The largest absolute Gasteiger partial charge is 0.400 e. The fourth-order valence-corrected chi connectivity index (χ4v) is 0.916. The van der Waals surface area contributed by atoms with Crippen LogP contribution in [0.3, 0.4) is 0 Å². The second kappa shape index (κ2) is 5.04. The topological polar surface area (TPSA) is 60.4 Å². The molecule has 5 heteroatoms. The Balaban J connectivity index is 2.69. The van der Waals surface area contributed by atoms with Crippen LogP contribution in [0.1, 0.15) is 5.56 Å². The average molecular weight is 210 g/mol. The molecule has 72 valence electrons. The van der Waals surface area contributed by atoms with E-state index in [0.29, 0.717) is 5.56 Å². The van der Waals surface area contributed by atoms with Gasteiger partial charge in [0.2, 0.25) is 0 Å². The van der Waals surface area contributed by atoms with Crippen LogP contribution in [0, 0.1) is 11.8 Å². The summed E-state index contributed by atoms with van der Waals surface area (Å²) in [6.45, 7) is 0. The number of carbonyl (C=O) groups excluding carboxylic acids is 1. The van der Waals surface area contributed by atoms with Crippen molar-refractivity contribution >= 4 is 17.0 Å². The summed E-state index contributed by atoms with van der Waals surface area (Å²) in [5, 5.41) is 0. The number of benzene rings is 1. The number of thiol groups is 1. The van der Waals surface area contributed by atoms with Crippen molar-refractivity contribution in [2.45, 2.75) is 0 Å². The first-order valence-corrected chi connectivity index (χ1v) is 4.71. The van der Waals surface area contributed by atoms with Crippen molar-refractivity contribution in [2.24, 2.45) is 0 Å². The monoisotopic (exact) mass is 210 g/mol. The molecule has 0 bridgehead atoms. The van der Waals surface area contributed by atoms with Gasteiger partial charge in [0.1, 0.15) is 0 Å². The molecule has 14 heavy (non-hydrogen) atoms. The van der Waals surface area contributed by atoms with Crippen molar-refractivity contribution < 1.29 is 17.4 Å². The minimum atomic E-state index is -3.17. The molecule has 0 aliphatic rings. The third-order valence-electron chi connectivity index (χ3n) is 1.24. The number of carbonyl (C=O) groups is 1. The Morgan fingerprint density at radius 2 is 1.86 bits per heavy atom. The number of hydrogen-bond donors (Lipinski definition) is 1. The van der Waals surface area contributed by atoms with Crippen molar-refractivity contribution in [3.05, 3.63) is 35.9 Å². The van der Waals surface area contributed by atoms with Crippen molar-refractivity contribution in [1.29, 1.82) is 0 Å². The summed E-state index contributed by atoms with van der Waals surface area (Å²) >= 11 is 0. The zero-order valence-corrected chi connectivity index (χ0v) is 7.86. The summed E-state index contributed by atoms with van der Waals surface area (Å²) in [4.78, 5) is 10.6. The molecule has 0 aromatic heterocycles. The SMILES string of the molecule is O=C(C#Cc1ccccc1)O[SH](=O)=O. The first kappa shape index (κ1) is 10.3. The summed E-state index contributed by atoms with van der Waals surface area (Å²) < 4.78 is 23.7. The van der Waals surface area contributed by atoms with Crippen LogP contribution in [-0.2, 0) is 20.0 Å². The predicted octanol–water partition coefficient (Wildman–Crippen LogP) is 0.108. The van der Waals surface area contributed by atoms with Gasteiger partial charge < -0.3 is 4.18 Å². The molecule has 1 aromatic carbocycles. The second-order valence-corrected chi connectivity index (χ2v) is 2.85. The molecule has 1 rings (SSSR count). The maximum Gasteiger partial charge on any atom is 0.400 e. The van der Waals surface area contributed by atoms with Gasteiger partial charge in [-0.3, -0.25) is 0 Å². The summed E-state index contributed by atoms with van der Waals surface area (Å²) in [5.41, 5.74) is 0.616. The molecular weight excluding hydrogens is 204 g/mol. The van der Waals surface area contributed by atoms with E-state index in [0.717, 1.165) is 0 Å². The van der Waals surface area contributed by atoms with E-state index in [1.54, 1.807) is 30.3 Å². The van der Waals surface area contributed by atoms with E-state index in [9.17, 15) is 13.2 Å². The Morgan fingerprint density at radius 3 is 2.43 bits per heavy atom. The van der Waals surface area contributed by atoms with Crippen LogP contribution < -0.4 is 0 Å². The van der Waals surface area contributed by atoms with E-state index in [-0.39, 0.29) is 0 Å². The van der Waals surface area contributed by atoms with Crippen molar-refractivity contribution in [3.63, 3.8) is 0 Å². The van der Waals surface area contributed by atoms with Gasteiger partial charge in [-0.2, -0.15) is 8.42 Å². The highest BCUT2D eigenvalue weighted by atomic mass is 32.2. The fraction of sp³-hybridized carbons (Fsp3) is 0. The van der Waals surface area contributed by atoms with Crippen LogP contribution in [-0.4, -0.2) is 14.4 Å². The molecule has 0 N–H and O–H groups in total. The summed E-state index contributed by atoms with van der Waals surface area (Å²) in [7, 11) is -3.17. The third kappa shape index (κ3) is 3.74. The minimum absolute atomic E-state index is 0.616. The Morgan fingerprint density at radius 1 is 1.21 bits per heavy atom. The minimum Gasteiger partial charge on any atom is -0.337 e. The third-order valence-corrected chi connectivity index (χ3v) is 1.56. The molecule has 0 atom stereocenters. The highest BCUT2D eigenvalue weighted by Crippen LogP contribution is 1.94. The van der Waals surface area contributed by atoms with Crippen molar-refractivity contribution in [3.8, 4) is 11.8 Å². The molecule has 4 nitrogen and oxygen atoms in total. The van der Waals surface area contributed by atoms with Gasteiger partial charge in [-0.25, -0.2) is 4.79 Å². The van der Waals surface area contributed by atoms with Gasteiger partial charge >= 0.3 is 17.0 Å². The van der Waals surface area contributed by atoms with E-state index < -0.39 is 17.0 Å². The van der Waals surface area contributed by atoms with Gasteiger partial charge in [0.25, 0.3) is 0 Å². The molecule has 0 saturated heterocycles. The Kier molecular flexibility index (Phi) is 3.70. The van der Waals surface area contributed by atoms with Gasteiger partial charge in [0.05, 0.1) is 0 Å². The van der Waals surface area contributed by atoms with Crippen LogP contribution >= 0.6 is 0 Å². The normalized spacial score (nSPS) is 8.93. The van der Waals surface area contributed by atoms with Gasteiger partial charge in [0, 0.05) is 11.5 Å². The van der Waals surface area contributed by atoms with Gasteiger partial charge in [0.15, 0.2) is 0 Å². The summed E-state index contributed by atoms with van der Waals surface area (Å²) in [6, 6.07) is 8.69. The van der Waals surface area contributed by atoms with Crippen LogP contribution in [0.2, 0.25) is 0 Å². The molecule has 0 aliphatic heterocycles. The lowest BCUT2D eigenvalue weighted by Gasteiger charge is -1.86. The van der Waals surface area contributed by atoms with Gasteiger partial charge in [-0.05, 0) is 12.1 Å². The quantitative estimate of drug-likeness (QED) is 0.528. The number of hydrogen-bond acceptors (Lipinski definition) is 4. The average Bonchev–Trinajstić information content (AvgIpc) is 2.15. The molecule has 0 saturated carbocycles. The lowest BCUT2D eigenvalue weighted by atomic mass is 10.2. The molecule has 1 aromatic rings. The Bertz CT molecular complexity index is 443. The van der Waals surface area contributed by atoms with Crippen LogP contribution in [0.15, 0.2) is 30.3 Å². The van der Waals surface area contributed by atoms with E-state index in [2.05, 4.69) is 10.1 Å². The van der Waals surface area contributed by atoms with Gasteiger partial charge in [-0.1, -0.05) is 24.1 Å². The molecule has 0 fully saturated rings. The molecule has 0 amide bonds. The number of rotatable bonds is 1. The Labute approximate surface area is 82.7 Å². The maximum atomic E-state index is 10.6. The highest BCUT2D eigenvalue weighted by molar-refractivity contribution is 7.67. The Hall–Kier alpha value is -1.80. The molecular formula is C9H6O4S. The van der Waals surface area contributed by atoms with Crippen LogP contribution in [0.4, 0.5) is 0 Å². The van der Waals surface area contributed by atoms with Crippen molar-refractivity contribution in [1.82, 2.24) is 0 Å². The van der Waals surface area contributed by atoms with E-state index in [1.165, 1.54) is 0 Å². The summed E-state index contributed by atoms with van der Waals surface area (Å²) in [6.07, 6.45) is 0.